The minimum atomic E-state index is -0.310. The second-order valence-corrected chi connectivity index (χ2v) is 7.00. The largest absolute Gasteiger partial charge is 0.381 e. The zero-order valence-electron chi connectivity index (χ0n) is 15.9. The van der Waals surface area contributed by atoms with E-state index in [1.807, 2.05) is 12.1 Å². The predicted molar refractivity (Wildman–Crippen MR) is 110 cm³/mol. The molecule has 7 heteroatoms. The van der Waals surface area contributed by atoms with Crippen molar-refractivity contribution in [2.75, 3.05) is 25.1 Å². The minimum absolute atomic E-state index is 0.200. The molecule has 1 aliphatic rings. The summed E-state index contributed by atoms with van der Waals surface area (Å²) in [5.74, 6) is -0.209. The maximum absolute atomic E-state index is 12.9. The van der Waals surface area contributed by atoms with Gasteiger partial charge in [0.05, 0.1) is 11.2 Å². The number of hydrogen-bond donors (Lipinski definition) is 2. The molecule has 0 aliphatic carbocycles. The van der Waals surface area contributed by atoms with E-state index < -0.39 is 0 Å². The maximum atomic E-state index is 12.9. The molecular weight excluding hydrogens is 368 g/mol. The van der Waals surface area contributed by atoms with Gasteiger partial charge in [0.25, 0.3) is 11.8 Å². The Balaban J connectivity index is 1.50. The van der Waals surface area contributed by atoms with Crippen LogP contribution in [0.25, 0.3) is 10.9 Å². The topological polar surface area (TPSA) is 93.2 Å². The Morgan fingerprint density at radius 3 is 2.62 bits per heavy atom. The van der Waals surface area contributed by atoms with Crippen molar-refractivity contribution in [2.45, 2.75) is 12.8 Å². The van der Waals surface area contributed by atoms with Crippen LogP contribution >= 0.6 is 0 Å². The van der Waals surface area contributed by atoms with E-state index >= 15 is 0 Å². The zero-order valence-corrected chi connectivity index (χ0v) is 15.9. The van der Waals surface area contributed by atoms with Gasteiger partial charge in [0.2, 0.25) is 0 Å². The number of carbonyl (C=O) groups excluding carboxylic acids is 2. The summed E-state index contributed by atoms with van der Waals surface area (Å²) in [6.07, 6.45) is 5.09. The van der Waals surface area contributed by atoms with Crippen LogP contribution in [0.2, 0.25) is 0 Å². The molecule has 3 aromatic rings. The molecule has 1 fully saturated rings. The molecule has 0 unspecified atom stereocenters. The van der Waals surface area contributed by atoms with Crippen molar-refractivity contribution < 1.29 is 14.3 Å². The van der Waals surface area contributed by atoms with E-state index in [4.69, 9.17) is 4.74 Å². The number of carbonyl (C=O) groups is 2. The molecule has 3 heterocycles. The molecule has 2 aromatic heterocycles. The van der Waals surface area contributed by atoms with E-state index in [-0.39, 0.29) is 17.5 Å². The minimum Gasteiger partial charge on any atom is -0.381 e. The third-order valence-corrected chi connectivity index (χ3v) is 5.05. The molecule has 1 saturated heterocycles. The normalized spacial score (nSPS) is 14.5. The summed E-state index contributed by atoms with van der Waals surface area (Å²) in [5, 5.41) is 6.51. The number of nitrogens with zero attached hydrogens (tertiary/aromatic N) is 2. The Morgan fingerprint density at radius 1 is 0.966 bits per heavy atom. The van der Waals surface area contributed by atoms with Gasteiger partial charge in [-0.05, 0) is 49.1 Å². The number of aromatic nitrogens is 2. The smallest absolute Gasteiger partial charge is 0.272 e. The van der Waals surface area contributed by atoms with Gasteiger partial charge in [-0.25, -0.2) is 4.98 Å². The highest BCUT2D eigenvalue weighted by molar-refractivity contribution is 6.14. The summed E-state index contributed by atoms with van der Waals surface area (Å²) in [6, 6.07) is 12.4. The van der Waals surface area contributed by atoms with Gasteiger partial charge in [-0.15, -0.1) is 0 Å². The van der Waals surface area contributed by atoms with Crippen LogP contribution in [-0.4, -0.2) is 41.5 Å². The molecule has 148 valence electrons. The third kappa shape index (κ3) is 4.41. The quantitative estimate of drug-likeness (QED) is 0.698. The van der Waals surface area contributed by atoms with Crippen LogP contribution in [0.3, 0.4) is 0 Å². The monoisotopic (exact) mass is 390 g/mol. The molecule has 0 spiro atoms. The second-order valence-electron chi connectivity index (χ2n) is 7.00. The van der Waals surface area contributed by atoms with E-state index in [2.05, 4.69) is 20.6 Å². The highest BCUT2D eigenvalue weighted by Crippen LogP contribution is 2.20. The molecule has 0 saturated carbocycles. The molecule has 0 bridgehead atoms. The molecule has 1 aliphatic heterocycles. The fraction of sp³-hybridized carbons (Fsp3) is 0.273. The van der Waals surface area contributed by atoms with E-state index in [1.54, 1.807) is 42.7 Å². The fourth-order valence-corrected chi connectivity index (χ4v) is 3.45. The Kier molecular flexibility index (Phi) is 5.76. The van der Waals surface area contributed by atoms with E-state index in [9.17, 15) is 9.59 Å². The van der Waals surface area contributed by atoms with Crippen molar-refractivity contribution in [3.8, 4) is 0 Å². The standard InChI is InChI=1S/C22H22N4O3/c27-21(17-4-1-6-18-16(17)5-2-10-23-18)26-19-7-3-11-24-20(19)22(28)25-14-15-8-12-29-13-9-15/h1-7,10-11,15H,8-9,12-14H2,(H,25,28)(H,26,27). The van der Waals surface area contributed by atoms with Crippen molar-refractivity contribution in [2.24, 2.45) is 5.92 Å². The molecule has 1 aromatic carbocycles. The SMILES string of the molecule is O=C(NCC1CCOCC1)c1ncccc1NC(=O)c1cccc2ncccc12. The Hall–Kier alpha value is -3.32. The molecular formula is C22H22N4O3. The van der Waals surface area contributed by atoms with Gasteiger partial charge in [0.15, 0.2) is 5.69 Å². The predicted octanol–water partition coefficient (Wildman–Crippen LogP) is 3.04. The summed E-state index contributed by atoms with van der Waals surface area (Å²) in [7, 11) is 0. The molecule has 4 rings (SSSR count). The summed E-state index contributed by atoms with van der Waals surface area (Å²) >= 11 is 0. The zero-order chi connectivity index (χ0) is 20.1. The number of ether oxygens (including phenoxy) is 1. The van der Waals surface area contributed by atoms with Gasteiger partial charge >= 0.3 is 0 Å². The first-order valence-corrected chi connectivity index (χ1v) is 9.68. The number of nitrogens with one attached hydrogen (secondary N) is 2. The Morgan fingerprint density at radius 2 is 1.76 bits per heavy atom. The van der Waals surface area contributed by atoms with Crippen molar-refractivity contribution in [1.29, 1.82) is 0 Å². The number of fused-ring (bicyclic) bond motifs is 1. The van der Waals surface area contributed by atoms with Gasteiger partial charge in [-0.1, -0.05) is 12.1 Å². The summed E-state index contributed by atoms with van der Waals surface area (Å²) in [4.78, 5) is 34.0. The van der Waals surface area contributed by atoms with E-state index in [1.165, 1.54) is 0 Å². The van der Waals surface area contributed by atoms with Gasteiger partial charge in [-0.2, -0.15) is 0 Å². The van der Waals surface area contributed by atoms with Crippen molar-refractivity contribution in [3.63, 3.8) is 0 Å². The van der Waals surface area contributed by atoms with Crippen LogP contribution in [-0.2, 0) is 4.74 Å². The molecule has 29 heavy (non-hydrogen) atoms. The molecule has 2 N–H and O–H groups in total. The molecule has 2 amide bonds. The molecule has 0 atom stereocenters. The van der Waals surface area contributed by atoms with Crippen molar-refractivity contribution in [1.82, 2.24) is 15.3 Å². The van der Waals surface area contributed by atoms with Gasteiger partial charge < -0.3 is 15.4 Å². The molecule has 7 nitrogen and oxygen atoms in total. The number of benzene rings is 1. The summed E-state index contributed by atoms with van der Waals surface area (Å²) in [6.45, 7) is 2.03. The lowest BCUT2D eigenvalue weighted by atomic mass is 10.0. The van der Waals surface area contributed by atoms with E-state index in [0.29, 0.717) is 23.7 Å². The lowest BCUT2D eigenvalue weighted by Crippen LogP contribution is -2.33. The first-order chi connectivity index (χ1) is 14.2. The summed E-state index contributed by atoms with van der Waals surface area (Å²) < 4.78 is 5.35. The number of hydrogen-bond acceptors (Lipinski definition) is 5. The van der Waals surface area contributed by atoms with Crippen molar-refractivity contribution >= 4 is 28.4 Å². The summed E-state index contributed by atoms with van der Waals surface area (Å²) in [5.41, 5.74) is 1.81. The Labute approximate surface area is 168 Å². The lowest BCUT2D eigenvalue weighted by molar-refractivity contribution is 0.0642. The lowest BCUT2D eigenvalue weighted by Gasteiger charge is -2.22. The molecule has 0 radical (unpaired) electrons. The van der Waals surface area contributed by atoms with Gasteiger partial charge in [-0.3, -0.25) is 14.6 Å². The highest BCUT2D eigenvalue weighted by atomic mass is 16.5. The van der Waals surface area contributed by atoms with Crippen LogP contribution in [0.15, 0.2) is 54.9 Å². The van der Waals surface area contributed by atoms with Gasteiger partial charge in [0.1, 0.15) is 0 Å². The van der Waals surface area contributed by atoms with Crippen LogP contribution in [0.4, 0.5) is 5.69 Å². The van der Waals surface area contributed by atoms with Crippen LogP contribution < -0.4 is 10.6 Å². The maximum Gasteiger partial charge on any atom is 0.272 e. The second kappa shape index (κ2) is 8.79. The van der Waals surface area contributed by atoms with Crippen LogP contribution in [0.5, 0.6) is 0 Å². The number of rotatable bonds is 5. The first kappa shape index (κ1) is 19.0. The van der Waals surface area contributed by atoms with Crippen LogP contribution in [0, 0.1) is 5.92 Å². The van der Waals surface area contributed by atoms with E-state index in [0.717, 1.165) is 37.0 Å². The number of pyridine rings is 2. The number of amides is 2. The van der Waals surface area contributed by atoms with Crippen LogP contribution in [0.1, 0.15) is 33.7 Å². The third-order valence-electron chi connectivity index (χ3n) is 5.05. The highest BCUT2D eigenvalue weighted by Gasteiger charge is 2.19. The fourth-order valence-electron chi connectivity index (χ4n) is 3.45. The average molecular weight is 390 g/mol. The van der Waals surface area contributed by atoms with Crippen molar-refractivity contribution in [3.05, 3.63) is 66.1 Å². The Bertz CT molecular complexity index is 1030. The average Bonchev–Trinajstić information content (AvgIpc) is 2.78. The van der Waals surface area contributed by atoms with Gasteiger partial charge in [0, 0.05) is 43.1 Å². The first-order valence-electron chi connectivity index (χ1n) is 9.68. The number of anilines is 1.